The topological polar surface area (TPSA) is 64.1 Å². The number of halogens is 1. The van der Waals surface area contributed by atoms with E-state index in [4.69, 9.17) is 16.3 Å². The van der Waals surface area contributed by atoms with Crippen LogP contribution in [0.4, 0.5) is 4.79 Å². The number of nitrogens with one attached hydrogen (secondary N) is 1. The van der Waals surface area contributed by atoms with Crippen LogP contribution >= 0.6 is 11.6 Å². The zero-order chi connectivity index (χ0) is 13.6. The Kier molecular flexibility index (Phi) is 4.93. The third-order valence-corrected chi connectivity index (χ3v) is 1.80. The van der Waals surface area contributed by atoms with Crippen LogP contribution in [0.25, 0.3) is 0 Å². The SMILES string of the molecule is CC(C)(C)NC(=O)OCC#Cc1ccc(Cl)nn1. The molecule has 0 saturated heterocycles. The molecule has 0 atom stereocenters. The molecule has 1 N–H and O–H groups in total. The molecule has 0 aliphatic heterocycles. The summed E-state index contributed by atoms with van der Waals surface area (Å²) < 4.78 is 4.87. The summed E-state index contributed by atoms with van der Waals surface area (Å²) in [7, 11) is 0. The fourth-order valence-electron chi connectivity index (χ4n) is 0.953. The van der Waals surface area contributed by atoms with Crippen LogP contribution in [0.3, 0.4) is 0 Å². The average molecular weight is 268 g/mol. The van der Waals surface area contributed by atoms with Crippen molar-refractivity contribution in [3.8, 4) is 11.8 Å². The molecule has 1 aromatic heterocycles. The zero-order valence-corrected chi connectivity index (χ0v) is 11.2. The van der Waals surface area contributed by atoms with E-state index in [1.807, 2.05) is 20.8 Å². The molecule has 5 nitrogen and oxygen atoms in total. The van der Waals surface area contributed by atoms with Crippen molar-refractivity contribution in [1.29, 1.82) is 0 Å². The molecule has 0 bridgehead atoms. The molecule has 1 amide bonds. The van der Waals surface area contributed by atoms with Crippen LogP contribution in [0, 0.1) is 11.8 Å². The summed E-state index contributed by atoms with van der Waals surface area (Å²) in [6.07, 6.45) is -0.501. The van der Waals surface area contributed by atoms with Gasteiger partial charge in [0.25, 0.3) is 0 Å². The first-order valence-electron chi connectivity index (χ1n) is 5.30. The van der Waals surface area contributed by atoms with Gasteiger partial charge in [-0.1, -0.05) is 17.5 Å². The van der Waals surface area contributed by atoms with Crippen molar-refractivity contribution < 1.29 is 9.53 Å². The van der Waals surface area contributed by atoms with Gasteiger partial charge < -0.3 is 10.1 Å². The van der Waals surface area contributed by atoms with Crippen molar-refractivity contribution >= 4 is 17.7 Å². The van der Waals surface area contributed by atoms with Crippen molar-refractivity contribution in [2.75, 3.05) is 6.61 Å². The van der Waals surface area contributed by atoms with Gasteiger partial charge in [0.05, 0.1) is 0 Å². The lowest BCUT2D eigenvalue weighted by molar-refractivity contribution is 0.151. The van der Waals surface area contributed by atoms with Crippen molar-refractivity contribution in [1.82, 2.24) is 15.5 Å². The highest BCUT2D eigenvalue weighted by Gasteiger charge is 2.13. The number of aromatic nitrogens is 2. The lowest BCUT2D eigenvalue weighted by Gasteiger charge is -2.19. The minimum atomic E-state index is -0.501. The summed E-state index contributed by atoms with van der Waals surface area (Å²) in [5.74, 6) is 5.36. The number of carbonyl (C=O) groups excluding carboxylic acids is 1. The molecule has 1 aromatic rings. The Balaban J connectivity index is 2.38. The number of rotatable bonds is 1. The molecule has 0 radical (unpaired) electrons. The summed E-state index contributed by atoms with van der Waals surface area (Å²) in [4.78, 5) is 11.3. The van der Waals surface area contributed by atoms with Gasteiger partial charge in [-0.3, -0.25) is 0 Å². The predicted molar refractivity (Wildman–Crippen MR) is 68.2 cm³/mol. The molecule has 0 fully saturated rings. The number of hydrogen-bond donors (Lipinski definition) is 1. The summed E-state index contributed by atoms with van der Waals surface area (Å²) in [5, 5.41) is 10.3. The predicted octanol–water partition coefficient (Wildman–Crippen LogP) is 2.01. The molecule has 0 spiro atoms. The monoisotopic (exact) mass is 267 g/mol. The Morgan fingerprint density at radius 1 is 1.44 bits per heavy atom. The van der Waals surface area contributed by atoms with E-state index in [9.17, 15) is 4.79 Å². The van der Waals surface area contributed by atoms with Crippen molar-refractivity contribution in [3.05, 3.63) is 23.0 Å². The number of amides is 1. The molecule has 1 heterocycles. The molecule has 18 heavy (non-hydrogen) atoms. The second-order valence-corrected chi connectivity index (χ2v) is 4.88. The first-order valence-corrected chi connectivity index (χ1v) is 5.68. The normalized spacial score (nSPS) is 10.2. The van der Waals surface area contributed by atoms with Gasteiger partial charge in [0, 0.05) is 5.54 Å². The quantitative estimate of drug-likeness (QED) is 0.791. The van der Waals surface area contributed by atoms with E-state index in [2.05, 4.69) is 27.4 Å². The van der Waals surface area contributed by atoms with Crippen LogP contribution in [-0.4, -0.2) is 28.4 Å². The van der Waals surface area contributed by atoms with Crippen molar-refractivity contribution in [2.45, 2.75) is 26.3 Å². The maximum Gasteiger partial charge on any atom is 0.408 e. The summed E-state index contributed by atoms with van der Waals surface area (Å²) in [6.45, 7) is 5.59. The fourth-order valence-corrected chi connectivity index (χ4v) is 1.05. The summed E-state index contributed by atoms with van der Waals surface area (Å²) >= 11 is 5.58. The molecule has 0 unspecified atom stereocenters. The van der Waals surface area contributed by atoms with Crippen molar-refractivity contribution in [2.24, 2.45) is 0 Å². The largest absolute Gasteiger partial charge is 0.436 e. The van der Waals surface area contributed by atoms with Crippen LogP contribution in [-0.2, 0) is 4.74 Å². The van der Waals surface area contributed by atoms with Crippen LogP contribution in [0.15, 0.2) is 12.1 Å². The van der Waals surface area contributed by atoms with Gasteiger partial charge in [-0.25, -0.2) is 4.79 Å². The third kappa shape index (κ3) is 6.06. The minimum Gasteiger partial charge on any atom is -0.436 e. The zero-order valence-electron chi connectivity index (χ0n) is 10.5. The molecular weight excluding hydrogens is 254 g/mol. The Hall–Kier alpha value is -1.80. The molecule has 0 aliphatic rings. The number of carbonyl (C=O) groups is 1. The molecule has 0 aliphatic carbocycles. The molecule has 1 rings (SSSR count). The van der Waals surface area contributed by atoms with E-state index in [1.165, 1.54) is 0 Å². The van der Waals surface area contributed by atoms with Crippen LogP contribution in [0.5, 0.6) is 0 Å². The Morgan fingerprint density at radius 2 is 2.17 bits per heavy atom. The van der Waals surface area contributed by atoms with Gasteiger partial charge in [-0.15, -0.1) is 10.2 Å². The van der Waals surface area contributed by atoms with Gasteiger partial charge in [-0.05, 0) is 38.8 Å². The van der Waals surface area contributed by atoms with E-state index >= 15 is 0 Å². The van der Waals surface area contributed by atoms with E-state index in [1.54, 1.807) is 12.1 Å². The second kappa shape index (κ2) is 6.22. The highest BCUT2D eigenvalue weighted by Crippen LogP contribution is 2.01. The van der Waals surface area contributed by atoms with E-state index < -0.39 is 6.09 Å². The Morgan fingerprint density at radius 3 is 2.72 bits per heavy atom. The highest BCUT2D eigenvalue weighted by atomic mass is 35.5. The molecule has 0 saturated carbocycles. The van der Waals surface area contributed by atoms with E-state index in [0.29, 0.717) is 10.8 Å². The fraction of sp³-hybridized carbons (Fsp3) is 0.417. The third-order valence-electron chi connectivity index (χ3n) is 1.60. The molecular formula is C12H14ClN3O2. The van der Waals surface area contributed by atoms with Crippen LogP contribution in [0.2, 0.25) is 5.15 Å². The van der Waals surface area contributed by atoms with E-state index in [0.717, 1.165) is 0 Å². The summed E-state index contributed by atoms with van der Waals surface area (Å²) in [6, 6.07) is 3.23. The maximum atomic E-state index is 11.3. The Labute approximate surface area is 111 Å². The molecule has 96 valence electrons. The van der Waals surface area contributed by atoms with Gasteiger partial charge in [0.2, 0.25) is 0 Å². The van der Waals surface area contributed by atoms with Crippen LogP contribution in [0.1, 0.15) is 26.5 Å². The van der Waals surface area contributed by atoms with Gasteiger partial charge in [-0.2, -0.15) is 0 Å². The summed E-state index contributed by atoms with van der Waals surface area (Å²) in [5.41, 5.74) is 0.144. The average Bonchev–Trinajstić information content (AvgIpc) is 2.24. The molecule has 6 heteroatoms. The number of hydrogen-bond acceptors (Lipinski definition) is 4. The highest BCUT2D eigenvalue weighted by molar-refractivity contribution is 6.29. The lowest BCUT2D eigenvalue weighted by atomic mass is 10.1. The standard InChI is InChI=1S/C12H14ClN3O2/c1-12(2,3)14-11(17)18-8-4-5-9-6-7-10(13)16-15-9/h6-7H,8H2,1-3H3,(H,14,17). The lowest BCUT2D eigenvalue weighted by Crippen LogP contribution is -2.40. The van der Waals surface area contributed by atoms with Crippen LogP contribution < -0.4 is 5.32 Å². The molecule has 0 aromatic carbocycles. The van der Waals surface area contributed by atoms with Crippen molar-refractivity contribution in [3.63, 3.8) is 0 Å². The van der Waals surface area contributed by atoms with Gasteiger partial charge in [0.1, 0.15) is 5.69 Å². The number of alkyl carbamates (subject to hydrolysis) is 1. The van der Waals surface area contributed by atoms with Gasteiger partial charge >= 0.3 is 6.09 Å². The van der Waals surface area contributed by atoms with Gasteiger partial charge in [0.15, 0.2) is 11.8 Å². The smallest absolute Gasteiger partial charge is 0.408 e. The number of ether oxygens (including phenoxy) is 1. The number of nitrogens with zero attached hydrogens (tertiary/aromatic N) is 2. The second-order valence-electron chi connectivity index (χ2n) is 4.49. The first-order chi connectivity index (χ1) is 8.37. The maximum absolute atomic E-state index is 11.3. The van der Waals surface area contributed by atoms with E-state index in [-0.39, 0.29) is 12.1 Å². The Bertz CT molecular complexity index is 469. The minimum absolute atomic E-state index is 0.00772. The first kappa shape index (κ1) is 14.3.